The fourth-order valence-corrected chi connectivity index (χ4v) is 2.40. The predicted molar refractivity (Wildman–Crippen MR) is 88.5 cm³/mol. The fraction of sp³-hybridized carbons (Fsp3) is 0.278. The van der Waals surface area contributed by atoms with E-state index in [2.05, 4.69) is 10.1 Å². The summed E-state index contributed by atoms with van der Waals surface area (Å²) < 4.78 is 4.48. The number of carboxylic acid groups (broad SMARTS) is 1. The molecule has 0 radical (unpaired) electrons. The standard InChI is InChI=1S/C18H19NO5/c1-24-17(21)9-8-15(18(22)23)19-16(20)11-12-6-7-13-4-2-3-5-14(13)10-12/h2-7,10,15H,8-9,11H2,1H3,(H,19,20)(H,22,23)/t15-/m1/s1. The Balaban J connectivity index is 1.98. The molecule has 0 saturated heterocycles. The van der Waals surface area contributed by atoms with Crippen molar-refractivity contribution in [1.29, 1.82) is 0 Å². The molecule has 0 aliphatic rings. The molecule has 2 aromatic rings. The van der Waals surface area contributed by atoms with Gasteiger partial charge in [0.05, 0.1) is 13.5 Å². The van der Waals surface area contributed by atoms with Crippen LogP contribution in [0.15, 0.2) is 42.5 Å². The molecule has 0 aliphatic heterocycles. The van der Waals surface area contributed by atoms with E-state index in [0.29, 0.717) is 0 Å². The molecule has 126 valence electrons. The van der Waals surface area contributed by atoms with Gasteiger partial charge < -0.3 is 15.2 Å². The number of aliphatic carboxylic acids is 1. The Morgan fingerprint density at radius 3 is 2.50 bits per heavy atom. The summed E-state index contributed by atoms with van der Waals surface area (Å²) in [5.41, 5.74) is 0.795. The lowest BCUT2D eigenvalue weighted by molar-refractivity contribution is -0.144. The maximum absolute atomic E-state index is 12.1. The van der Waals surface area contributed by atoms with Crippen LogP contribution in [0.4, 0.5) is 0 Å². The van der Waals surface area contributed by atoms with Crippen LogP contribution < -0.4 is 5.32 Å². The number of benzene rings is 2. The number of amides is 1. The summed E-state index contributed by atoms with van der Waals surface area (Å²) in [6.45, 7) is 0. The Kier molecular flexibility index (Phi) is 5.89. The molecule has 6 nitrogen and oxygen atoms in total. The highest BCUT2D eigenvalue weighted by atomic mass is 16.5. The summed E-state index contributed by atoms with van der Waals surface area (Å²) in [6.07, 6.45) is 0.00201. The second-order valence-corrected chi connectivity index (χ2v) is 5.43. The molecule has 0 unspecified atom stereocenters. The van der Waals surface area contributed by atoms with E-state index in [4.69, 9.17) is 5.11 Å². The minimum atomic E-state index is -1.18. The zero-order chi connectivity index (χ0) is 17.5. The van der Waals surface area contributed by atoms with Crippen LogP contribution >= 0.6 is 0 Å². The molecule has 0 aromatic heterocycles. The largest absolute Gasteiger partial charge is 0.480 e. The number of nitrogens with one attached hydrogen (secondary N) is 1. The lowest BCUT2D eigenvalue weighted by Gasteiger charge is -2.14. The number of hydrogen-bond acceptors (Lipinski definition) is 4. The maximum Gasteiger partial charge on any atom is 0.326 e. The zero-order valence-electron chi connectivity index (χ0n) is 13.3. The lowest BCUT2D eigenvalue weighted by Crippen LogP contribution is -2.41. The minimum absolute atomic E-state index is 0.00847. The van der Waals surface area contributed by atoms with E-state index < -0.39 is 23.9 Å². The maximum atomic E-state index is 12.1. The molecular weight excluding hydrogens is 310 g/mol. The van der Waals surface area contributed by atoms with Crippen LogP contribution in [-0.2, 0) is 25.5 Å². The SMILES string of the molecule is COC(=O)CC[C@@H](NC(=O)Cc1ccc2ccccc2c1)C(=O)O. The molecule has 0 fully saturated rings. The smallest absolute Gasteiger partial charge is 0.326 e. The third-order valence-electron chi connectivity index (χ3n) is 3.68. The first-order valence-electron chi connectivity index (χ1n) is 7.56. The summed E-state index contributed by atoms with van der Waals surface area (Å²) >= 11 is 0. The van der Waals surface area contributed by atoms with Crippen molar-refractivity contribution in [2.75, 3.05) is 7.11 Å². The summed E-state index contributed by atoms with van der Waals surface area (Å²) in [7, 11) is 1.23. The van der Waals surface area contributed by atoms with Gasteiger partial charge in [0, 0.05) is 6.42 Å². The molecule has 2 aromatic carbocycles. The van der Waals surface area contributed by atoms with Crippen LogP contribution in [0.2, 0.25) is 0 Å². The number of methoxy groups -OCH3 is 1. The molecule has 0 heterocycles. The topological polar surface area (TPSA) is 92.7 Å². The van der Waals surface area contributed by atoms with Gasteiger partial charge in [-0.3, -0.25) is 9.59 Å². The van der Waals surface area contributed by atoms with Crippen LogP contribution in [0.5, 0.6) is 0 Å². The van der Waals surface area contributed by atoms with Crippen molar-refractivity contribution in [3.05, 3.63) is 48.0 Å². The Morgan fingerprint density at radius 2 is 1.83 bits per heavy atom. The van der Waals surface area contributed by atoms with E-state index in [-0.39, 0.29) is 19.3 Å². The van der Waals surface area contributed by atoms with E-state index in [1.807, 2.05) is 42.5 Å². The Bertz CT molecular complexity index is 756. The first kappa shape index (κ1) is 17.5. The van der Waals surface area contributed by atoms with E-state index in [9.17, 15) is 14.4 Å². The van der Waals surface area contributed by atoms with Gasteiger partial charge in [-0.2, -0.15) is 0 Å². The second-order valence-electron chi connectivity index (χ2n) is 5.43. The van der Waals surface area contributed by atoms with Gasteiger partial charge in [-0.15, -0.1) is 0 Å². The van der Waals surface area contributed by atoms with Crippen molar-refractivity contribution < 1.29 is 24.2 Å². The van der Waals surface area contributed by atoms with Crippen molar-refractivity contribution in [2.45, 2.75) is 25.3 Å². The quantitative estimate of drug-likeness (QED) is 0.757. The Hall–Kier alpha value is -2.89. The van der Waals surface area contributed by atoms with Gasteiger partial charge in [0.15, 0.2) is 0 Å². The van der Waals surface area contributed by atoms with E-state index >= 15 is 0 Å². The normalized spacial score (nSPS) is 11.7. The van der Waals surface area contributed by atoms with Gasteiger partial charge >= 0.3 is 11.9 Å². The van der Waals surface area contributed by atoms with Crippen molar-refractivity contribution in [3.8, 4) is 0 Å². The fourth-order valence-electron chi connectivity index (χ4n) is 2.40. The summed E-state index contributed by atoms with van der Waals surface area (Å²) in [5.74, 6) is -2.08. The molecule has 6 heteroatoms. The summed E-state index contributed by atoms with van der Waals surface area (Å²) in [4.78, 5) is 34.4. The number of fused-ring (bicyclic) bond motifs is 1. The molecule has 0 spiro atoms. The highest BCUT2D eigenvalue weighted by molar-refractivity contribution is 5.87. The third-order valence-corrected chi connectivity index (χ3v) is 3.68. The van der Waals surface area contributed by atoms with Gasteiger partial charge in [0.1, 0.15) is 6.04 Å². The van der Waals surface area contributed by atoms with Crippen molar-refractivity contribution in [3.63, 3.8) is 0 Å². The number of carboxylic acids is 1. The molecular formula is C18H19NO5. The van der Waals surface area contributed by atoms with Gasteiger partial charge in [-0.1, -0.05) is 42.5 Å². The molecule has 0 aliphatic carbocycles. The first-order chi connectivity index (χ1) is 11.5. The zero-order valence-corrected chi connectivity index (χ0v) is 13.3. The van der Waals surface area contributed by atoms with E-state index in [0.717, 1.165) is 16.3 Å². The van der Waals surface area contributed by atoms with Crippen molar-refractivity contribution in [2.24, 2.45) is 0 Å². The lowest BCUT2D eigenvalue weighted by atomic mass is 10.0. The summed E-state index contributed by atoms with van der Waals surface area (Å²) in [6, 6.07) is 12.3. The van der Waals surface area contributed by atoms with E-state index in [1.165, 1.54) is 7.11 Å². The monoisotopic (exact) mass is 329 g/mol. The second kappa shape index (κ2) is 8.10. The van der Waals surface area contributed by atoms with Crippen LogP contribution in [-0.4, -0.2) is 36.1 Å². The van der Waals surface area contributed by atoms with Crippen molar-refractivity contribution >= 4 is 28.6 Å². The number of esters is 1. The van der Waals surface area contributed by atoms with Crippen molar-refractivity contribution in [1.82, 2.24) is 5.32 Å². The molecule has 2 rings (SSSR count). The Labute approximate surface area is 139 Å². The molecule has 0 bridgehead atoms. The van der Waals surface area contributed by atoms with Crippen LogP contribution in [0.3, 0.4) is 0 Å². The molecule has 24 heavy (non-hydrogen) atoms. The Morgan fingerprint density at radius 1 is 1.12 bits per heavy atom. The number of hydrogen-bond donors (Lipinski definition) is 2. The molecule has 0 saturated carbocycles. The number of carbonyl (C=O) groups excluding carboxylic acids is 2. The average Bonchev–Trinajstić information content (AvgIpc) is 2.57. The predicted octanol–water partition coefficient (Wildman–Crippen LogP) is 1.90. The first-order valence-corrected chi connectivity index (χ1v) is 7.56. The van der Waals surface area contributed by atoms with Crippen LogP contribution in [0.1, 0.15) is 18.4 Å². The van der Waals surface area contributed by atoms with Gasteiger partial charge in [0.2, 0.25) is 5.91 Å². The highest BCUT2D eigenvalue weighted by Crippen LogP contribution is 2.16. The van der Waals surface area contributed by atoms with Crippen LogP contribution in [0, 0.1) is 0 Å². The molecule has 1 amide bonds. The van der Waals surface area contributed by atoms with Gasteiger partial charge in [0.25, 0.3) is 0 Å². The van der Waals surface area contributed by atoms with Crippen LogP contribution in [0.25, 0.3) is 10.8 Å². The highest BCUT2D eigenvalue weighted by Gasteiger charge is 2.21. The average molecular weight is 329 g/mol. The molecule has 2 N–H and O–H groups in total. The number of carbonyl (C=O) groups is 3. The number of ether oxygens (including phenoxy) is 1. The van der Waals surface area contributed by atoms with Gasteiger partial charge in [-0.05, 0) is 22.8 Å². The van der Waals surface area contributed by atoms with E-state index in [1.54, 1.807) is 0 Å². The molecule has 1 atom stereocenters. The number of rotatable bonds is 7. The minimum Gasteiger partial charge on any atom is -0.480 e. The summed E-state index contributed by atoms with van der Waals surface area (Å²) in [5, 5.41) is 13.7. The third kappa shape index (κ3) is 4.81. The van der Waals surface area contributed by atoms with Gasteiger partial charge in [-0.25, -0.2) is 4.79 Å².